The van der Waals surface area contributed by atoms with Crippen molar-refractivity contribution >= 4 is 11.6 Å². The van der Waals surface area contributed by atoms with Crippen LogP contribution in [0.15, 0.2) is 132 Å². The highest BCUT2D eigenvalue weighted by atomic mass is 16.3. The number of anilines is 1. The molecule has 0 bridgehead atoms. The van der Waals surface area contributed by atoms with Crippen LogP contribution in [-0.4, -0.2) is 47.0 Å². The van der Waals surface area contributed by atoms with Crippen molar-refractivity contribution in [3.8, 4) is 5.75 Å². The maximum absolute atomic E-state index is 11.6. The Labute approximate surface area is 288 Å². The van der Waals surface area contributed by atoms with Gasteiger partial charge in [0, 0.05) is 48.4 Å². The van der Waals surface area contributed by atoms with Crippen LogP contribution in [0.3, 0.4) is 0 Å². The average Bonchev–Trinajstić information content (AvgIpc) is 3.05. The lowest BCUT2D eigenvalue weighted by Crippen LogP contribution is -2.34. The summed E-state index contributed by atoms with van der Waals surface area (Å²) in [6.07, 6.45) is 10.4. The lowest BCUT2D eigenvalue weighted by atomic mass is 10.0. The van der Waals surface area contributed by atoms with Crippen LogP contribution in [-0.2, 0) is 11.2 Å². The Balaban J connectivity index is 0.000000883. The van der Waals surface area contributed by atoms with E-state index >= 15 is 0 Å². The summed E-state index contributed by atoms with van der Waals surface area (Å²) in [5, 5.41) is 35.6. The topological polar surface area (TPSA) is 140 Å². The molecule has 0 aromatic heterocycles. The number of aliphatic hydroxyl groups excluding tert-OH is 2. The number of aromatic hydroxyl groups is 1. The SMILES string of the molecule is C=C(/C=C(C)\C=C/C)/C(C)=C/C(=C\N)C(=C)NCCCC(=O)NCC(O)CO.C=C(C)Nc1cccc(C)c1.CCc1ccc(O)cc1. The molecule has 8 N–H and O–H groups in total. The Morgan fingerprint density at radius 3 is 2.23 bits per heavy atom. The summed E-state index contributed by atoms with van der Waals surface area (Å²) in [5.74, 6) is 0.164. The second kappa shape index (κ2) is 25.3. The highest BCUT2D eigenvalue weighted by Crippen LogP contribution is 2.17. The number of hydrogen-bond donors (Lipinski definition) is 7. The van der Waals surface area contributed by atoms with Crippen LogP contribution in [0.4, 0.5) is 5.69 Å². The summed E-state index contributed by atoms with van der Waals surface area (Å²) >= 11 is 0. The number of benzene rings is 2. The van der Waals surface area contributed by atoms with Crippen LogP contribution in [0.5, 0.6) is 5.75 Å². The van der Waals surface area contributed by atoms with E-state index in [1.807, 2.05) is 76.3 Å². The second-order valence-electron chi connectivity index (χ2n) is 11.3. The monoisotopic (exact) mass is 658 g/mol. The summed E-state index contributed by atoms with van der Waals surface area (Å²) < 4.78 is 0. The van der Waals surface area contributed by atoms with Gasteiger partial charge in [-0.2, -0.15) is 0 Å². The van der Waals surface area contributed by atoms with E-state index in [1.54, 1.807) is 12.1 Å². The van der Waals surface area contributed by atoms with Gasteiger partial charge < -0.3 is 37.0 Å². The van der Waals surface area contributed by atoms with Crippen LogP contribution in [0.25, 0.3) is 0 Å². The van der Waals surface area contributed by atoms with Gasteiger partial charge in [0.2, 0.25) is 5.91 Å². The van der Waals surface area contributed by atoms with Crippen LogP contribution in [0.1, 0.15) is 58.6 Å². The van der Waals surface area contributed by atoms with Crippen molar-refractivity contribution in [2.45, 2.75) is 66.9 Å². The van der Waals surface area contributed by atoms with Gasteiger partial charge in [0.25, 0.3) is 0 Å². The van der Waals surface area contributed by atoms with Gasteiger partial charge in [-0.25, -0.2) is 0 Å². The fourth-order valence-electron chi connectivity index (χ4n) is 3.94. The molecule has 1 unspecified atom stereocenters. The average molecular weight is 659 g/mol. The molecule has 0 aliphatic heterocycles. The van der Waals surface area contributed by atoms with E-state index < -0.39 is 6.10 Å². The maximum Gasteiger partial charge on any atom is 0.220 e. The number of nitrogens with one attached hydrogen (secondary N) is 3. The smallest absolute Gasteiger partial charge is 0.220 e. The second-order valence-corrected chi connectivity index (χ2v) is 11.3. The van der Waals surface area contributed by atoms with E-state index in [9.17, 15) is 9.90 Å². The standard InChI is InChI=1S/C22H35N3O3.C10H13N.C8H10O/c1-6-8-16(2)11-17(3)18(4)12-20(13-23)19(5)24-10-7-9-22(28)25-14-21(27)15-26;1-8(2)11-10-6-4-5-9(3)7-10;1-2-7-3-5-8(9)6-4-7/h6,8,11-13,21,24,26-27H,3,5,7,9-10,14-15,23H2,1-2,4H3,(H,25,28);4-7,11H,1H2,2-3H3;3-6,9H,2H2,1H3/b8-6-,16-11-,18-12+,20-13+;;. The summed E-state index contributed by atoms with van der Waals surface area (Å²) in [7, 11) is 0. The van der Waals surface area contributed by atoms with Crippen molar-refractivity contribution < 1.29 is 20.1 Å². The molecule has 48 heavy (non-hydrogen) atoms. The summed E-state index contributed by atoms with van der Waals surface area (Å²) in [6.45, 7) is 24.1. The number of phenolic OH excluding ortho intramolecular Hbond substituents is 1. The molecule has 0 saturated carbocycles. The molecule has 0 aliphatic carbocycles. The Morgan fingerprint density at radius 2 is 1.69 bits per heavy atom. The molecule has 0 heterocycles. The number of allylic oxidation sites excluding steroid dienone is 8. The van der Waals surface area contributed by atoms with Crippen LogP contribution in [0, 0.1) is 6.92 Å². The highest BCUT2D eigenvalue weighted by Gasteiger charge is 2.06. The van der Waals surface area contributed by atoms with Crippen molar-refractivity contribution in [3.05, 3.63) is 144 Å². The quantitative estimate of drug-likeness (QED) is 0.0754. The molecular formula is C40H58N4O4. The lowest BCUT2D eigenvalue weighted by Gasteiger charge is -2.12. The first-order chi connectivity index (χ1) is 22.8. The number of amides is 1. The third-order valence-corrected chi connectivity index (χ3v) is 6.62. The molecular weight excluding hydrogens is 600 g/mol. The maximum atomic E-state index is 11.6. The number of rotatable bonds is 16. The molecule has 8 heteroatoms. The van der Waals surface area contributed by atoms with Gasteiger partial charge in [0.1, 0.15) is 5.75 Å². The molecule has 8 nitrogen and oxygen atoms in total. The number of hydrogen-bond acceptors (Lipinski definition) is 7. The zero-order valence-corrected chi connectivity index (χ0v) is 29.8. The number of carbonyl (C=O) groups excluding carboxylic acids is 1. The van der Waals surface area contributed by atoms with E-state index in [4.69, 9.17) is 15.9 Å². The molecule has 262 valence electrons. The van der Waals surface area contributed by atoms with Gasteiger partial charge in [0.15, 0.2) is 0 Å². The number of phenols is 1. The molecule has 1 atom stereocenters. The molecule has 2 aromatic carbocycles. The first kappa shape index (κ1) is 43.2. The minimum Gasteiger partial charge on any atom is -0.508 e. The van der Waals surface area contributed by atoms with E-state index in [0.717, 1.165) is 40.1 Å². The van der Waals surface area contributed by atoms with Gasteiger partial charge in [-0.15, -0.1) is 0 Å². The van der Waals surface area contributed by atoms with Crippen LogP contribution in [0.2, 0.25) is 0 Å². The minimum absolute atomic E-state index is 0.0471. The van der Waals surface area contributed by atoms with Crippen molar-refractivity contribution in [1.82, 2.24) is 10.6 Å². The number of carbonyl (C=O) groups is 1. The van der Waals surface area contributed by atoms with Crippen molar-refractivity contribution in [2.75, 3.05) is 25.0 Å². The predicted octanol–water partition coefficient (Wildman–Crippen LogP) is 7.10. The first-order valence-corrected chi connectivity index (χ1v) is 16.1. The minimum atomic E-state index is -0.930. The number of aliphatic hydroxyl groups is 2. The first-order valence-electron chi connectivity index (χ1n) is 16.1. The van der Waals surface area contributed by atoms with Gasteiger partial charge >= 0.3 is 0 Å². The molecule has 2 rings (SSSR count). The zero-order valence-electron chi connectivity index (χ0n) is 29.8. The number of aryl methyl sites for hydroxylation is 2. The van der Waals surface area contributed by atoms with Crippen molar-refractivity contribution in [2.24, 2.45) is 5.73 Å². The Morgan fingerprint density at radius 1 is 1.02 bits per heavy atom. The Bertz CT molecular complexity index is 1420. The van der Waals surface area contributed by atoms with Gasteiger partial charge in [-0.3, -0.25) is 4.79 Å². The predicted molar refractivity (Wildman–Crippen MR) is 203 cm³/mol. The zero-order chi connectivity index (χ0) is 36.5. The highest BCUT2D eigenvalue weighted by molar-refractivity contribution is 5.75. The Kier molecular flexibility index (Phi) is 22.8. The van der Waals surface area contributed by atoms with Gasteiger partial charge in [-0.05, 0) is 100 Å². The summed E-state index contributed by atoms with van der Waals surface area (Å²) in [6, 6.07) is 15.5. The normalized spacial score (nSPS) is 12.1. The number of nitrogens with two attached hydrogens (primary N) is 1. The molecule has 0 radical (unpaired) electrons. The van der Waals surface area contributed by atoms with E-state index in [1.165, 1.54) is 17.3 Å². The van der Waals surface area contributed by atoms with E-state index in [0.29, 0.717) is 30.8 Å². The van der Waals surface area contributed by atoms with Crippen LogP contribution < -0.4 is 21.7 Å². The van der Waals surface area contributed by atoms with Crippen LogP contribution >= 0.6 is 0 Å². The van der Waals surface area contributed by atoms with Crippen molar-refractivity contribution in [3.63, 3.8) is 0 Å². The molecule has 0 saturated heterocycles. The Hall–Kier alpha value is -4.79. The van der Waals surface area contributed by atoms with Gasteiger partial charge in [0.05, 0.1) is 12.7 Å². The summed E-state index contributed by atoms with van der Waals surface area (Å²) in [4.78, 5) is 11.6. The lowest BCUT2D eigenvalue weighted by molar-refractivity contribution is -0.121. The molecule has 0 fully saturated rings. The third kappa shape index (κ3) is 21.1. The molecule has 1 amide bonds. The molecule has 0 spiro atoms. The largest absolute Gasteiger partial charge is 0.508 e. The van der Waals surface area contributed by atoms with E-state index in [-0.39, 0.29) is 19.1 Å². The fraction of sp³-hybridized carbons (Fsp3) is 0.325. The van der Waals surface area contributed by atoms with Gasteiger partial charge in [-0.1, -0.05) is 74.7 Å². The fourth-order valence-corrected chi connectivity index (χ4v) is 3.94. The molecule has 2 aromatic rings. The third-order valence-electron chi connectivity index (χ3n) is 6.62. The summed E-state index contributed by atoms with van der Waals surface area (Å²) in [5.41, 5.74) is 14.7. The van der Waals surface area contributed by atoms with E-state index in [2.05, 4.69) is 61.7 Å². The molecule has 0 aliphatic rings. The van der Waals surface area contributed by atoms with Crippen molar-refractivity contribution in [1.29, 1.82) is 0 Å².